The summed E-state index contributed by atoms with van der Waals surface area (Å²) in [7, 11) is 0. The average Bonchev–Trinajstić information content (AvgIpc) is 2.57. The van der Waals surface area contributed by atoms with Crippen molar-refractivity contribution in [3.8, 4) is 5.75 Å². The summed E-state index contributed by atoms with van der Waals surface area (Å²) in [5, 5.41) is 3.32. The molecule has 0 atom stereocenters. The van der Waals surface area contributed by atoms with Crippen LogP contribution >= 0.6 is 0 Å². The fraction of sp³-hybridized carbons (Fsp3) is 0.350. The molecule has 0 unspecified atom stereocenters. The first kappa shape index (κ1) is 15.6. The lowest BCUT2D eigenvalue weighted by molar-refractivity contribution is 0.306. The number of hydrogen-bond donors (Lipinski definition) is 1. The quantitative estimate of drug-likeness (QED) is 0.769. The van der Waals surface area contributed by atoms with Crippen molar-refractivity contribution in [1.29, 1.82) is 0 Å². The third-order valence-electron chi connectivity index (χ3n) is 4.34. The van der Waals surface area contributed by atoms with Crippen molar-refractivity contribution < 1.29 is 4.74 Å². The van der Waals surface area contributed by atoms with Crippen LogP contribution in [0, 0.1) is 12.5 Å². The van der Waals surface area contributed by atoms with Crippen molar-refractivity contribution in [3.63, 3.8) is 0 Å². The van der Waals surface area contributed by atoms with Crippen LogP contribution in [0.1, 0.15) is 24.0 Å². The molecule has 2 aromatic rings. The van der Waals surface area contributed by atoms with E-state index in [9.17, 15) is 0 Å². The lowest BCUT2D eigenvalue weighted by atomic mass is 9.95. The van der Waals surface area contributed by atoms with Crippen LogP contribution in [0.5, 0.6) is 5.75 Å². The Morgan fingerprint density at radius 1 is 1.00 bits per heavy atom. The van der Waals surface area contributed by atoms with Crippen molar-refractivity contribution in [1.82, 2.24) is 5.32 Å². The second-order valence-electron chi connectivity index (χ2n) is 6.13. The van der Waals surface area contributed by atoms with Crippen LogP contribution in [0.3, 0.4) is 0 Å². The molecular formula is C20H22N2O. The molecule has 0 bridgehead atoms. The first-order valence-corrected chi connectivity index (χ1v) is 8.22. The minimum absolute atomic E-state index is 0.534. The van der Waals surface area contributed by atoms with E-state index in [2.05, 4.69) is 22.3 Å². The van der Waals surface area contributed by atoms with E-state index < -0.39 is 0 Å². The van der Waals surface area contributed by atoms with Gasteiger partial charge in [-0.05, 0) is 61.5 Å². The van der Waals surface area contributed by atoms with E-state index in [1.165, 1.54) is 31.5 Å². The number of benzene rings is 2. The minimum atomic E-state index is 0.534. The highest BCUT2D eigenvalue weighted by atomic mass is 16.5. The van der Waals surface area contributed by atoms with Gasteiger partial charge in [0.15, 0.2) is 5.69 Å². The predicted molar refractivity (Wildman–Crippen MR) is 92.8 cm³/mol. The van der Waals surface area contributed by atoms with E-state index in [1.807, 2.05) is 36.4 Å². The SMILES string of the molecule is [C-]#[N+]c1ccc(COc2ccc(CCCC3CNC3)cc2)cc1. The molecule has 2 aromatic carbocycles. The Morgan fingerprint density at radius 3 is 2.30 bits per heavy atom. The fourth-order valence-corrected chi connectivity index (χ4v) is 2.73. The zero-order valence-corrected chi connectivity index (χ0v) is 13.3. The molecule has 0 spiro atoms. The van der Waals surface area contributed by atoms with Gasteiger partial charge in [-0.25, -0.2) is 4.85 Å². The molecule has 0 radical (unpaired) electrons. The van der Waals surface area contributed by atoms with Crippen LogP contribution in [-0.4, -0.2) is 13.1 Å². The van der Waals surface area contributed by atoms with Crippen LogP contribution < -0.4 is 10.1 Å². The minimum Gasteiger partial charge on any atom is -0.489 e. The molecule has 0 aromatic heterocycles. The van der Waals surface area contributed by atoms with Gasteiger partial charge in [0, 0.05) is 0 Å². The number of aryl methyl sites for hydroxylation is 1. The second-order valence-corrected chi connectivity index (χ2v) is 6.13. The van der Waals surface area contributed by atoms with Crippen LogP contribution in [0.25, 0.3) is 4.85 Å². The molecule has 1 aliphatic heterocycles. The van der Waals surface area contributed by atoms with Crippen molar-refractivity contribution in [2.24, 2.45) is 5.92 Å². The van der Waals surface area contributed by atoms with Gasteiger partial charge < -0.3 is 10.1 Å². The lowest BCUT2D eigenvalue weighted by Gasteiger charge is -2.26. The monoisotopic (exact) mass is 306 g/mol. The van der Waals surface area contributed by atoms with E-state index in [-0.39, 0.29) is 0 Å². The van der Waals surface area contributed by atoms with Crippen molar-refractivity contribution in [3.05, 3.63) is 71.1 Å². The van der Waals surface area contributed by atoms with E-state index in [4.69, 9.17) is 11.3 Å². The summed E-state index contributed by atoms with van der Waals surface area (Å²) in [5.74, 6) is 1.79. The zero-order valence-electron chi connectivity index (χ0n) is 13.3. The van der Waals surface area contributed by atoms with Crippen molar-refractivity contribution >= 4 is 5.69 Å². The Balaban J connectivity index is 1.43. The van der Waals surface area contributed by atoms with Crippen LogP contribution in [0.2, 0.25) is 0 Å². The molecule has 118 valence electrons. The largest absolute Gasteiger partial charge is 0.489 e. The fourth-order valence-electron chi connectivity index (χ4n) is 2.73. The van der Waals surface area contributed by atoms with Gasteiger partial charge in [0.2, 0.25) is 0 Å². The zero-order chi connectivity index (χ0) is 15.9. The second kappa shape index (κ2) is 7.80. The Labute approximate surface area is 138 Å². The van der Waals surface area contributed by atoms with Crippen LogP contribution in [-0.2, 0) is 13.0 Å². The Hall–Kier alpha value is -2.31. The lowest BCUT2D eigenvalue weighted by Crippen LogP contribution is -2.41. The molecule has 1 fully saturated rings. The smallest absolute Gasteiger partial charge is 0.187 e. The molecule has 1 aliphatic rings. The maximum absolute atomic E-state index is 6.95. The van der Waals surface area contributed by atoms with Gasteiger partial charge in [-0.1, -0.05) is 36.4 Å². The van der Waals surface area contributed by atoms with Gasteiger partial charge in [-0.3, -0.25) is 0 Å². The summed E-state index contributed by atoms with van der Waals surface area (Å²) in [6.07, 6.45) is 3.74. The maximum Gasteiger partial charge on any atom is 0.187 e. The summed E-state index contributed by atoms with van der Waals surface area (Å²) in [6, 6.07) is 16.0. The van der Waals surface area contributed by atoms with E-state index >= 15 is 0 Å². The highest BCUT2D eigenvalue weighted by molar-refractivity contribution is 5.45. The summed E-state index contributed by atoms with van der Waals surface area (Å²) >= 11 is 0. The summed E-state index contributed by atoms with van der Waals surface area (Å²) < 4.78 is 5.80. The van der Waals surface area contributed by atoms with Gasteiger partial charge in [0.05, 0.1) is 6.57 Å². The van der Waals surface area contributed by atoms with Gasteiger partial charge in [-0.15, -0.1) is 0 Å². The molecule has 23 heavy (non-hydrogen) atoms. The molecule has 3 nitrogen and oxygen atoms in total. The molecule has 1 saturated heterocycles. The molecule has 1 N–H and O–H groups in total. The summed E-state index contributed by atoms with van der Waals surface area (Å²) in [6.45, 7) is 9.88. The summed E-state index contributed by atoms with van der Waals surface area (Å²) in [4.78, 5) is 3.39. The number of hydrogen-bond acceptors (Lipinski definition) is 2. The topological polar surface area (TPSA) is 25.6 Å². The molecule has 0 amide bonds. The highest BCUT2D eigenvalue weighted by Gasteiger charge is 2.15. The highest BCUT2D eigenvalue weighted by Crippen LogP contribution is 2.18. The molecule has 3 heteroatoms. The number of nitrogens with one attached hydrogen (secondary N) is 1. The normalized spacial score (nSPS) is 14.0. The van der Waals surface area contributed by atoms with E-state index in [1.54, 1.807) is 0 Å². The Bertz CT molecular complexity index is 652. The Kier molecular flexibility index (Phi) is 5.29. The van der Waals surface area contributed by atoms with Crippen LogP contribution in [0.4, 0.5) is 5.69 Å². The first-order valence-electron chi connectivity index (χ1n) is 8.22. The summed E-state index contributed by atoms with van der Waals surface area (Å²) in [5.41, 5.74) is 3.12. The third kappa shape index (κ3) is 4.58. The van der Waals surface area contributed by atoms with Crippen molar-refractivity contribution in [2.75, 3.05) is 13.1 Å². The van der Waals surface area contributed by atoms with E-state index in [0.29, 0.717) is 12.3 Å². The first-order chi connectivity index (χ1) is 11.3. The predicted octanol–water partition coefficient (Wildman–Crippen LogP) is 4.36. The average molecular weight is 306 g/mol. The van der Waals surface area contributed by atoms with Gasteiger partial charge in [0.25, 0.3) is 0 Å². The van der Waals surface area contributed by atoms with Crippen LogP contribution in [0.15, 0.2) is 48.5 Å². The molecular weight excluding hydrogens is 284 g/mol. The number of nitrogens with zero attached hydrogens (tertiary/aromatic N) is 1. The molecule has 0 saturated carbocycles. The standard InChI is InChI=1S/C20H22N2O/c1-21-19-9-5-17(6-10-19)15-23-20-11-7-16(8-12-20)3-2-4-18-13-22-14-18/h5-12,18,22H,2-4,13-15H2. The Morgan fingerprint density at radius 2 is 1.70 bits per heavy atom. The molecule has 3 rings (SSSR count). The molecule has 1 heterocycles. The van der Waals surface area contributed by atoms with Gasteiger partial charge >= 0.3 is 0 Å². The van der Waals surface area contributed by atoms with Crippen molar-refractivity contribution in [2.45, 2.75) is 25.9 Å². The number of rotatable bonds is 7. The van der Waals surface area contributed by atoms with Gasteiger partial charge in [-0.2, -0.15) is 0 Å². The number of ether oxygens (including phenoxy) is 1. The van der Waals surface area contributed by atoms with E-state index in [0.717, 1.165) is 23.7 Å². The van der Waals surface area contributed by atoms with Gasteiger partial charge in [0.1, 0.15) is 12.4 Å². The molecule has 0 aliphatic carbocycles. The maximum atomic E-state index is 6.95. The third-order valence-corrected chi connectivity index (χ3v) is 4.34.